The summed E-state index contributed by atoms with van der Waals surface area (Å²) >= 11 is 0. The second-order valence-electron chi connectivity index (χ2n) is 4.31. The number of aryl methyl sites for hydroxylation is 1. The van der Waals surface area contributed by atoms with E-state index in [1.807, 2.05) is 7.05 Å². The Bertz CT molecular complexity index is 767. The molecular formula is C14H16N4O2S. The van der Waals surface area contributed by atoms with Crippen molar-refractivity contribution in [2.24, 2.45) is 12.8 Å². The first kappa shape index (κ1) is 15.3. The molecule has 3 N–H and O–H groups in total. The molecule has 1 aromatic heterocycles. The van der Waals surface area contributed by atoms with Gasteiger partial charge in [0.05, 0.1) is 18.0 Å². The van der Waals surface area contributed by atoms with Crippen molar-refractivity contribution in [1.82, 2.24) is 14.3 Å². The van der Waals surface area contributed by atoms with Crippen LogP contribution in [-0.2, 0) is 23.6 Å². The molecule has 7 heteroatoms. The lowest BCUT2D eigenvalue weighted by molar-refractivity contribution is 0.577. The number of nitrogens with zero attached hydrogens (tertiary/aromatic N) is 2. The maximum atomic E-state index is 12.2. The minimum Gasteiger partial charge on any atom is -0.337 e. The third kappa shape index (κ3) is 3.92. The molecule has 0 aliphatic heterocycles. The van der Waals surface area contributed by atoms with Crippen LogP contribution >= 0.6 is 0 Å². The normalized spacial score (nSPS) is 11.0. The topological polar surface area (TPSA) is 90.0 Å². The van der Waals surface area contributed by atoms with E-state index < -0.39 is 10.0 Å². The van der Waals surface area contributed by atoms with Gasteiger partial charge in [-0.05, 0) is 24.3 Å². The molecule has 0 aliphatic rings. The van der Waals surface area contributed by atoms with E-state index in [1.54, 1.807) is 29.1 Å². The van der Waals surface area contributed by atoms with Gasteiger partial charge in [0.2, 0.25) is 10.0 Å². The van der Waals surface area contributed by atoms with Crippen LogP contribution in [0.1, 0.15) is 11.4 Å². The highest BCUT2D eigenvalue weighted by Gasteiger charge is 2.14. The smallest absolute Gasteiger partial charge is 0.240 e. The zero-order valence-electron chi connectivity index (χ0n) is 11.6. The summed E-state index contributed by atoms with van der Waals surface area (Å²) in [6, 6.07) is 6.33. The zero-order chi connectivity index (χ0) is 15.3. The van der Waals surface area contributed by atoms with E-state index in [9.17, 15) is 8.42 Å². The number of rotatable bonds is 4. The highest BCUT2D eigenvalue weighted by Crippen LogP contribution is 2.10. The molecule has 21 heavy (non-hydrogen) atoms. The molecule has 0 unspecified atom stereocenters. The Kier molecular flexibility index (Phi) is 4.75. The van der Waals surface area contributed by atoms with Crippen LogP contribution in [0.5, 0.6) is 0 Å². The van der Waals surface area contributed by atoms with Crippen molar-refractivity contribution in [3.63, 3.8) is 0 Å². The van der Waals surface area contributed by atoms with Crippen molar-refractivity contribution in [2.45, 2.75) is 11.4 Å². The van der Waals surface area contributed by atoms with Crippen LogP contribution in [0.3, 0.4) is 0 Å². The molecule has 0 saturated carbocycles. The SMILES string of the molecule is Cn1ccnc1CNS(=O)(=O)c1ccc(C#CCN)cc1. The molecule has 2 rings (SSSR count). The third-order valence-corrected chi connectivity index (χ3v) is 4.26. The van der Waals surface area contributed by atoms with E-state index in [4.69, 9.17) is 5.73 Å². The number of aromatic nitrogens is 2. The van der Waals surface area contributed by atoms with Gasteiger partial charge in [-0.1, -0.05) is 11.8 Å². The number of nitrogens with one attached hydrogen (secondary N) is 1. The van der Waals surface area contributed by atoms with Crippen LogP contribution in [0.15, 0.2) is 41.6 Å². The predicted octanol–water partition coefficient (Wildman–Crippen LogP) is 0.209. The zero-order valence-corrected chi connectivity index (χ0v) is 12.4. The van der Waals surface area contributed by atoms with Gasteiger partial charge in [-0.25, -0.2) is 18.1 Å². The average Bonchev–Trinajstić information content (AvgIpc) is 2.89. The summed E-state index contributed by atoms with van der Waals surface area (Å²) in [6.45, 7) is 0.409. The second kappa shape index (κ2) is 6.54. The Morgan fingerprint density at radius 3 is 2.62 bits per heavy atom. The molecule has 0 fully saturated rings. The van der Waals surface area contributed by atoms with Crippen LogP contribution < -0.4 is 10.5 Å². The molecule has 1 aromatic carbocycles. The lowest BCUT2D eigenvalue weighted by atomic mass is 10.2. The largest absolute Gasteiger partial charge is 0.337 e. The number of nitrogens with two attached hydrogens (primary N) is 1. The predicted molar refractivity (Wildman–Crippen MR) is 79.6 cm³/mol. The number of imidazole rings is 1. The fraction of sp³-hybridized carbons (Fsp3) is 0.214. The number of hydrogen-bond acceptors (Lipinski definition) is 4. The fourth-order valence-electron chi connectivity index (χ4n) is 1.68. The molecule has 0 amide bonds. The van der Waals surface area contributed by atoms with Gasteiger partial charge in [0.15, 0.2) is 0 Å². The van der Waals surface area contributed by atoms with E-state index in [1.165, 1.54) is 12.1 Å². The number of hydrogen-bond donors (Lipinski definition) is 2. The summed E-state index contributed by atoms with van der Waals surface area (Å²) in [5.74, 6) is 6.20. The van der Waals surface area contributed by atoms with Crippen molar-refractivity contribution in [3.8, 4) is 11.8 Å². The van der Waals surface area contributed by atoms with Gasteiger partial charge in [0.25, 0.3) is 0 Å². The van der Waals surface area contributed by atoms with E-state index in [0.717, 1.165) is 5.56 Å². The Labute approximate surface area is 124 Å². The standard InChI is InChI=1S/C14H16N4O2S/c1-18-10-9-16-14(18)11-17-21(19,20)13-6-4-12(5-7-13)3-2-8-15/h4-7,9-10,17H,8,11,15H2,1H3. The maximum absolute atomic E-state index is 12.2. The van der Waals surface area contributed by atoms with Gasteiger partial charge < -0.3 is 10.3 Å². The van der Waals surface area contributed by atoms with Crippen molar-refractivity contribution in [1.29, 1.82) is 0 Å². The summed E-state index contributed by atoms with van der Waals surface area (Å²) in [6.07, 6.45) is 3.38. The minimum atomic E-state index is -3.57. The second-order valence-corrected chi connectivity index (χ2v) is 6.08. The molecule has 110 valence electrons. The molecule has 2 aromatic rings. The van der Waals surface area contributed by atoms with E-state index in [2.05, 4.69) is 21.5 Å². The molecule has 0 atom stereocenters. The first-order valence-corrected chi connectivity index (χ1v) is 7.76. The Morgan fingerprint density at radius 1 is 1.33 bits per heavy atom. The summed E-state index contributed by atoms with van der Waals surface area (Å²) in [7, 11) is -1.76. The molecule has 0 radical (unpaired) electrons. The van der Waals surface area contributed by atoms with Crippen LogP contribution in [0.4, 0.5) is 0 Å². The van der Waals surface area contributed by atoms with E-state index in [-0.39, 0.29) is 18.0 Å². The van der Waals surface area contributed by atoms with E-state index >= 15 is 0 Å². The van der Waals surface area contributed by atoms with Gasteiger partial charge in [0.1, 0.15) is 5.82 Å². The van der Waals surface area contributed by atoms with Gasteiger partial charge >= 0.3 is 0 Å². The van der Waals surface area contributed by atoms with Crippen molar-refractivity contribution in [3.05, 3.63) is 48.0 Å². The van der Waals surface area contributed by atoms with Crippen LogP contribution in [0.25, 0.3) is 0 Å². The summed E-state index contributed by atoms with van der Waals surface area (Å²) < 4.78 is 28.6. The Hall–Kier alpha value is -2.14. The lowest BCUT2D eigenvalue weighted by Gasteiger charge is -2.07. The highest BCUT2D eigenvalue weighted by atomic mass is 32.2. The fourth-order valence-corrected chi connectivity index (χ4v) is 2.66. The van der Waals surface area contributed by atoms with Gasteiger partial charge in [-0.2, -0.15) is 0 Å². The first-order valence-electron chi connectivity index (χ1n) is 6.28. The Morgan fingerprint density at radius 2 is 2.05 bits per heavy atom. The molecular weight excluding hydrogens is 288 g/mol. The first-order chi connectivity index (χ1) is 10.0. The summed E-state index contributed by atoms with van der Waals surface area (Å²) in [5.41, 5.74) is 6.01. The van der Waals surface area contributed by atoms with Crippen molar-refractivity contribution >= 4 is 10.0 Å². The van der Waals surface area contributed by atoms with Crippen molar-refractivity contribution in [2.75, 3.05) is 6.54 Å². The molecule has 0 saturated heterocycles. The monoisotopic (exact) mass is 304 g/mol. The van der Waals surface area contributed by atoms with Gasteiger partial charge in [-0.3, -0.25) is 0 Å². The number of benzene rings is 1. The summed E-state index contributed by atoms with van der Waals surface area (Å²) in [4.78, 5) is 4.26. The molecule has 0 spiro atoms. The third-order valence-electron chi connectivity index (χ3n) is 2.84. The molecule has 0 aliphatic carbocycles. The van der Waals surface area contributed by atoms with Crippen LogP contribution in [-0.4, -0.2) is 24.5 Å². The summed E-state index contributed by atoms with van der Waals surface area (Å²) in [5, 5.41) is 0. The highest BCUT2D eigenvalue weighted by molar-refractivity contribution is 7.89. The minimum absolute atomic E-state index is 0.139. The molecule has 6 nitrogen and oxygen atoms in total. The van der Waals surface area contributed by atoms with Crippen LogP contribution in [0.2, 0.25) is 0 Å². The maximum Gasteiger partial charge on any atom is 0.240 e. The number of sulfonamides is 1. The van der Waals surface area contributed by atoms with Crippen molar-refractivity contribution < 1.29 is 8.42 Å². The average molecular weight is 304 g/mol. The molecule has 0 bridgehead atoms. The van der Waals surface area contributed by atoms with E-state index in [0.29, 0.717) is 5.82 Å². The van der Waals surface area contributed by atoms with Gasteiger partial charge in [-0.15, -0.1) is 0 Å². The Balaban J connectivity index is 2.10. The quantitative estimate of drug-likeness (QED) is 0.790. The lowest BCUT2D eigenvalue weighted by Crippen LogP contribution is -2.24. The van der Waals surface area contributed by atoms with Crippen LogP contribution in [0, 0.1) is 11.8 Å². The van der Waals surface area contributed by atoms with Gasteiger partial charge in [0, 0.05) is 25.0 Å². The molecule has 1 heterocycles.